The lowest BCUT2D eigenvalue weighted by molar-refractivity contribution is -0.139. The smallest absolute Gasteiger partial charge is 0.354 e. The van der Waals surface area contributed by atoms with E-state index < -0.39 is 0 Å². The first-order chi connectivity index (χ1) is 13.7. The van der Waals surface area contributed by atoms with E-state index >= 15 is 0 Å². The van der Waals surface area contributed by atoms with Crippen molar-refractivity contribution in [3.63, 3.8) is 0 Å². The summed E-state index contributed by atoms with van der Waals surface area (Å²) in [6.45, 7) is 2.11. The molecule has 6 heteroatoms. The third-order valence-corrected chi connectivity index (χ3v) is 4.85. The number of aromatic nitrogens is 1. The largest absolute Gasteiger partial charge is 0.497 e. The zero-order valence-corrected chi connectivity index (χ0v) is 16.1. The molecule has 1 aromatic heterocycles. The van der Waals surface area contributed by atoms with Crippen molar-refractivity contribution in [1.29, 1.82) is 0 Å². The van der Waals surface area contributed by atoms with Crippen LogP contribution in [0.5, 0.6) is 11.5 Å². The molecule has 3 aromatic rings. The Labute approximate surface area is 163 Å². The van der Waals surface area contributed by atoms with Crippen LogP contribution in [0.2, 0.25) is 0 Å². The number of hydrogen-bond acceptors (Lipinski definition) is 5. The van der Waals surface area contributed by atoms with Crippen molar-refractivity contribution in [3.8, 4) is 11.5 Å². The van der Waals surface area contributed by atoms with Crippen LogP contribution in [0.25, 0.3) is 17.0 Å². The number of nitrogens with zero attached hydrogens (tertiary/aromatic N) is 1. The Balaban J connectivity index is 1.93. The standard InChI is InChI=1S/C22H22N2O4/c1-4-28-22(25)18-12-15-11-14-7-5-6-8-19(14)24(15)21(23-18)17-13-16(26-2)9-10-20(17)27-3/h5-13,21,23H,4H2,1-3H3. The van der Waals surface area contributed by atoms with Gasteiger partial charge in [0.1, 0.15) is 23.4 Å². The van der Waals surface area contributed by atoms with Gasteiger partial charge in [-0.05, 0) is 43.3 Å². The second kappa shape index (κ2) is 7.31. The quantitative estimate of drug-likeness (QED) is 0.686. The molecule has 4 rings (SSSR count). The van der Waals surface area contributed by atoms with Crippen LogP contribution in [-0.2, 0) is 9.53 Å². The van der Waals surface area contributed by atoms with Crippen LogP contribution in [0, 0.1) is 0 Å². The summed E-state index contributed by atoms with van der Waals surface area (Å²) in [6.07, 6.45) is 1.46. The molecule has 0 saturated carbocycles. The molecule has 1 aliphatic heterocycles. The number of para-hydroxylation sites is 1. The van der Waals surface area contributed by atoms with Crippen LogP contribution in [0.4, 0.5) is 0 Å². The molecule has 1 N–H and O–H groups in total. The van der Waals surface area contributed by atoms with Gasteiger partial charge in [-0.3, -0.25) is 0 Å². The minimum absolute atomic E-state index is 0.313. The summed E-state index contributed by atoms with van der Waals surface area (Å²) < 4.78 is 18.4. The molecule has 0 bridgehead atoms. The number of fused-ring (bicyclic) bond motifs is 3. The summed E-state index contributed by atoms with van der Waals surface area (Å²) in [4.78, 5) is 12.5. The van der Waals surface area contributed by atoms with Gasteiger partial charge in [-0.2, -0.15) is 0 Å². The number of esters is 1. The number of nitrogens with one attached hydrogen (secondary N) is 1. The lowest BCUT2D eigenvalue weighted by atomic mass is 10.1. The summed E-state index contributed by atoms with van der Waals surface area (Å²) in [6, 6.07) is 15.8. The van der Waals surface area contributed by atoms with E-state index in [1.54, 1.807) is 21.1 Å². The average Bonchev–Trinajstić information content (AvgIpc) is 3.11. The zero-order chi connectivity index (χ0) is 19.7. The van der Waals surface area contributed by atoms with Gasteiger partial charge in [0.25, 0.3) is 0 Å². The first kappa shape index (κ1) is 18.0. The highest BCUT2D eigenvalue weighted by atomic mass is 16.5. The number of carbonyl (C=O) groups excluding carboxylic acids is 1. The van der Waals surface area contributed by atoms with Crippen molar-refractivity contribution < 1.29 is 19.0 Å². The number of hydrogen-bond donors (Lipinski definition) is 1. The van der Waals surface area contributed by atoms with Crippen LogP contribution in [-0.4, -0.2) is 31.4 Å². The Kier molecular flexibility index (Phi) is 4.69. The lowest BCUT2D eigenvalue weighted by Crippen LogP contribution is -2.35. The van der Waals surface area contributed by atoms with Crippen molar-refractivity contribution in [2.75, 3.05) is 20.8 Å². The molecule has 1 aliphatic rings. The summed E-state index contributed by atoms with van der Waals surface area (Å²) in [7, 11) is 3.26. The molecule has 0 saturated heterocycles. The molecule has 1 atom stereocenters. The summed E-state index contributed by atoms with van der Waals surface area (Å²) >= 11 is 0. The second-order valence-electron chi connectivity index (χ2n) is 6.43. The SMILES string of the molecule is CCOC(=O)C1=Cc2cc3ccccc3n2C(c2cc(OC)ccc2OC)N1. The van der Waals surface area contributed by atoms with E-state index in [0.717, 1.165) is 22.2 Å². The minimum atomic E-state index is -0.383. The van der Waals surface area contributed by atoms with Gasteiger partial charge in [-0.25, -0.2) is 4.79 Å². The molecule has 1 unspecified atom stereocenters. The van der Waals surface area contributed by atoms with Crippen molar-refractivity contribution in [1.82, 2.24) is 9.88 Å². The van der Waals surface area contributed by atoms with E-state index in [1.165, 1.54) is 0 Å². The molecule has 0 fully saturated rings. The van der Waals surface area contributed by atoms with Gasteiger partial charge in [0.15, 0.2) is 0 Å². The molecule has 2 heterocycles. The van der Waals surface area contributed by atoms with E-state index in [2.05, 4.69) is 28.1 Å². The van der Waals surface area contributed by atoms with Gasteiger partial charge in [0.05, 0.1) is 26.3 Å². The maximum Gasteiger partial charge on any atom is 0.354 e. The first-order valence-corrected chi connectivity index (χ1v) is 9.13. The van der Waals surface area contributed by atoms with Gasteiger partial charge in [-0.15, -0.1) is 0 Å². The van der Waals surface area contributed by atoms with E-state index in [9.17, 15) is 4.79 Å². The Morgan fingerprint density at radius 3 is 2.68 bits per heavy atom. The van der Waals surface area contributed by atoms with E-state index in [-0.39, 0.29) is 12.1 Å². The van der Waals surface area contributed by atoms with E-state index in [0.29, 0.717) is 23.8 Å². The van der Waals surface area contributed by atoms with E-state index in [1.807, 2.05) is 36.4 Å². The fourth-order valence-electron chi connectivity index (χ4n) is 3.59. The molecule has 6 nitrogen and oxygen atoms in total. The van der Waals surface area contributed by atoms with Crippen molar-refractivity contribution >= 4 is 22.9 Å². The van der Waals surface area contributed by atoms with E-state index in [4.69, 9.17) is 14.2 Å². The Morgan fingerprint density at radius 2 is 1.93 bits per heavy atom. The van der Waals surface area contributed by atoms with Crippen molar-refractivity contribution in [3.05, 3.63) is 65.5 Å². The van der Waals surface area contributed by atoms with Gasteiger partial charge in [0.2, 0.25) is 0 Å². The molecule has 144 valence electrons. The second-order valence-corrected chi connectivity index (χ2v) is 6.43. The van der Waals surface area contributed by atoms with Crippen molar-refractivity contribution in [2.45, 2.75) is 13.1 Å². The Morgan fingerprint density at radius 1 is 1.11 bits per heavy atom. The topological polar surface area (TPSA) is 61.7 Å². The van der Waals surface area contributed by atoms with Crippen molar-refractivity contribution in [2.24, 2.45) is 0 Å². The minimum Gasteiger partial charge on any atom is -0.497 e. The lowest BCUT2D eigenvalue weighted by Gasteiger charge is -2.30. The van der Waals surface area contributed by atoms with Gasteiger partial charge in [-0.1, -0.05) is 18.2 Å². The van der Waals surface area contributed by atoms with Crippen LogP contribution in [0.1, 0.15) is 24.3 Å². The fraction of sp³-hybridized carbons (Fsp3) is 0.227. The highest BCUT2D eigenvalue weighted by Gasteiger charge is 2.29. The van der Waals surface area contributed by atoms with Crippen LogP contribution in [0.15, 0.2) is 54.2 Å². The molecule has 2 aromatic carbocycles. The van der Waals surface area contributed by atoms with Gasteiger partial charge in [0, 0.05) is 16.6 Å². The van der Waals surface area contributed by atoms with Crippen LogP contribution in [0.3, 0.4) is 0 Å². The predicted molar refractivity (Wildman–Crippen MR) is 107 cm³/mol. The predicted octanol–water partition coefficient (Wildman–Crippen LogP) is 3.71. The zero-order valence-electron chi connectivity index (χ0n) is 16.1. The molecular weight excluding hydrogens is 356 g/mol. The number of benzene rings is 2. The average molecular weight is 378 g/mol. The monoisotopic (exact) mass is 378 g/mol. The maximum atomic E-state index is 12.5. The Hall–Kier alpha value is -3.41. The normalized spacial score (nSPS) is 15.4. The number of ether oxygens (including phenoxy) is 3. The third-order valence-electron chi connectivity index (χ3n) is 4.85. The molecule has 0 spiro atoms. The van der Waals surface area contributed by atoms with Gasteiger partial charge < -0.3 is 24.1 Å². The third kappa shape index (κ3) is 2.97. The van der Waals surface area contributed by atoms with Crippen LogP contribution < -0.4 is 14.8 Å². The number of rotatable bonds is 5. The highest BCUT2D eigenvalue weighted by Crippen LogP contribution is 2.37. The number of carbonyl (C=O) groups is 1. The maximum absolute atomic E-state index is 12.5. The highest BCUT2D eigenvalue weighted by molar-refractivity contribution is 5.95. The molecule has 0 radical (unpaired) electrons. The summed E-state index contributed by atoms with van der Waals surface area (Å²) in [5.74, 6) is 1.03. The number of methoxy groups -OCH3 is 2. The van der Waals surface area contributed by atoms with Crippen LogP contribution >= 0.6 is 0 Å². The molecule has 0 aliphatic carbocycles. The molecular formula is C22H22N2O4. The first-order valence-electron chi connectivity index (χ1n) is 9.13. The van der Waals surface area contributed by atoms with Gasteiger partial charge >= 0.3 is 5.97 Å². The summed E-state index contributed by atoms with van der Waals surface area (Å²) in [5, 5.41) is 4.42. The molecule has 0 amide bonds. The molecule has 28 heavy (non-hydrogen) atoms. The Bertz CT molecular complexity index is 1070. The fourth-order valence-corrected chi connectivity index (χ4v) is 3.59. The summed E-state index contributed by atoms with van der Waals surface area (Å²) in [5.41, 5.74) is 3.24.